The maximum atomic E-state index is 9.05. The molecule has 2 unspecified atom stereocenters. The van der Waals surface area contributed by atoms with E-state index in [0.29, 0.717) is 0 Å². The largest absolute Gasteiger partial charge is 0.484 e. The third kappa shape index (κ3) is 3.56. The molecular formula is C16H20N2O2. The van der Waals surface area contributed by atoms with E-state index < -0.39 is 0 Å². The average molecular weight is 272 g/mol. The lowest BCUT2D eigenvalue weighted by Crippen LogP contribution is -2.31. The van der Waals surface area contributed by atoms with Crippen molar-refractivity contribution in [2.75, 3.05) is 0 Å². The monoisotopic (exact) mass is 272 g/mol. The minimum atomic E-state index is -0.228. The number of rotatable bonds is 6. The smallest absolute Gasteiger partial charge is 0.140 e. The maximum absolute atomic E-state index is 9.05. The Hall–Kier alpha value is -1.91. The molecule has 1 aromatic carbocycles. The molecule has 2 aromatic rings. The zero-order valence-electron chi connectivity index (χ0n) is 11.6. The summed E-state index contributed by atoms with van der Waals surface area (Å²) in [5.74, 6) is 0.736. The van der Waals surface area contributed by atoms with E-state index in [2.05, 4.69) is 4.98 Å². The van der Waals surface area contributed by atoms with Crippen LogP contribution in [0.3, 0.4) is 0 Å². The maximum Gasteiger partial charge on any atom is 0.140 e. The zero-order valence-corrected chi connectivity index (χ0v) is 11.6. The molecule has 0 aliphatic rings. The average Bonchev–Trinajstić information content (AvgIpc) is 2.53. The van der Waals surface area contributed by atoms with Crippen LogP contribution in [0.15, 0.2) is 48.8 Å². The standard InChI is InChI=1S/C16H20N2O2/c1-2-15(17)16(13-4-3-9-18-10-13)20-14-7-5-12(11-19)6-8-14/h3-10,15-16,19H,2,11,17H2,1H3. The van der Waals surface area contributed by atoms with E-state index in [1.165, 1.54) is 0 Å². The van der Waals surface area contributed by atoms with Crippen LogP contribution in [0.2, 0.25) is 0 Å². The highest BCUT2D eigenvalue weighted by Crippen LogP contribution is 2.25. The van der Waals surface area contributed by atoms with E-state index >= 15 is 0 Å². The first-order valence-electron chi connectivity index (χ1n) is 6.76. The van der Waals surface area contributed by atoms with Crippen molar-refractivity contribution in [3.05, 3.63) is 59.9 Å². The van der Waals surface area contributed by atoms with Gasteiger partial charge in [-0.15, -0.1) is 0 Å². The third-order valence-corrected chi connectivity index (χ3v) is 3.24. The predicted molar refractivity (Wildman–Crippen MR) is 78.2 cm³/mol. The highest BCUT2D eigenvalue weighted by molar-refractivity contribution is 5.28. The number of aliphatic hydroxyl groups excluding tert-OH is 1. The van der Waals surface area contributed by atoms with Gasteiger partial charge in [-0.05, 0) is 30.2 Å². The van der Waals surface area contributed by atoms with Crippen LogP contribution >= 0.6 is 0 Å². The molecule has 0 spiro atoms. The molecule has 0 amide bonds. The molecule has 4 nitrogen and oxygen atoms in total. The predicted octanol–water partition coefficient (Wildman–Crippen LogP) is 2.43. The fraction of sp³-hybridized carbons (Fsp3) is 0.312. The summed E-state index contributed by atoms with van der Waals surface area (Å²) in [6.45, 7) is 2.06. The molecule has 0 radical (unpaired) electrons. The van der Waals surface area contributed by atoms with Gasteiger partial charge in [0, 0.05) is 24.0 Å². The fourth-order valence-corrected chi connectivity index (χ4v) is 1.98. The van der Waals surface area contributed by atoms with Crippen LogP contribution in [0.4, 0.5) is 0 Å². The minimum Gasteiger partial charge on any atom is -0.484 e. The van der Waals surface area contributed by atoms with Gasteiger partial charge in [-0.3, -0.25) is 4.98 Å². The van der Waals surface area contributed by atoms with E-state index in [9.17, 15) is 0 Å². The van der Waals surface area contributed by atoms with E-state index in [0.717, 1.165) is 23.3 Å². The normalized spacial score (nSPS) is 13.8. The Balaban J connectivity index is 2.19. The number of ether oxygens (including phenoxy) is 1. The van der Waals surface area contributed by atoms with Gasteiger partial charge in [-0.1, -0.05) is 25.1 Å². The molecule has 2 atom stereocenters. The SMILES string of the molecule is CCC(N)C(Oc1ccc(CO)cc1)c1cccnc1. The molecule has 4 heteroatoms. The number of pyridine rings is 1. The number of nitrogens with two attached hydrogens (primary N) is 1. The quantitative estimate of drug-likeness (QED) is 0.847. The van der Waals surface area contributed by atoms with Gasteiger partial charge in [0.1, 0.15) is 11.9 Å². The highest BCUT2D eigenvalue weighted by atomic mass is 16.5. The number of aromatic nitrogens is 1. The molecule has 1 aromatic heterocycles. The fourth-order valence-electron chi connectivity index (χ4n) is 1.98. The van der Waals surface area contributed by atoms with E-state index in [1.54, 1.807) is 12.4 Å². The molecule has 106 valence electrons. The van der Waals surface area contributed by atoms with E-state index in [4.69, 9.17) is 15.6 Å². The van der Waals surface area contributed by atoms with Crippen LogP contribution in [0.1, 0.15) is 30.6 Å². The van der Waals surface area contributed by atoms with Crippen molar-refractivity contribution in [1.29, 1.82) is 0 Å². The van der Waals surface area contributed by atoms with Crippen molar-refractivity contribution in [3.8, 4) is 5.75 Å². The van der Waals surface area contributed by atoms with Gasteiger partial charge < -0.3 is 15.6 Å². The Bertz CT molecular complexity index is 514. The lowest BCUT2D eigenvalue weighted by molar-refractivity contribution is 0.170. The van der Waals surface area contributed by atoms with Crippen LogP contribution in [0.5, 0.6) is 5.75 Å². The summed E-state index contributed by atoms with van der Waals surface area (Å²) in [6.07, 6.45) is 4.10. The second kappa shape index (κ2) is 7.03. The number of aliphatic hydroxyl groups is 1. The van der Waals surface area contributed by atoms with Gasteiger partial charge in [-0.2, -0.15) is 0 Å². The van der Waals surface area contributed by atoms with Gasteiger partial charge in [0.05, 0.1) is 6.61 Å². The number of nitrogens with zero attached hydrogens (tertiary/aromatic N) is 1. The first-order chi connectivity index (χ1) is 9.74. The third-order valence-electron chi connectivity index (χ3n) is 3.24. The molecule has 0 saturated heterocycles. The molecule has 0 saturated carbocycles. The molecule has 1 heterocycles. The van der Waals surface area contributed by atoms with Gasteiger partial charge in [0.15, 0.2) is 0 Å². The Labute approximate surface area is 119 Å². The Morgan fingerprint density at radius 1 is 1.25 bits per heavy atom. The van der Waals surface area contributed by atoms with Crippen LogP contribution in [-0.2, 0) is 6.61 Å². The molecule has 2 rings (SSSR count). The summed E-state index contributed by atoms with van der Waals surface area (Å²) in [7, 11) is 0. The van der Waals surface area contributed by atoms with Crippen LogP contribution in [-0.4, -0.2) is 16.1 Å². The Kier molecular flexibility index (Phi) is 5.09. The van der Waals surface area contributed by atoms with Gasteiger partial charge >= 0.3 is 0 Å². The summed E-state index contributed by atoms with van der Waals surface area (Å²) >= 11 is 0. The van der Waals surface area contributed by atoms with Gasteiger partial charge in [0.25, 0.3) is 0 Å². The summed E-state index contributed by atoms with van der Waals surface area (Å²) in [6, 6.07) is 11.1. The van der Waals surface area contributed by atoms with Crippen molar-refractivity contribution >= 4 is 0 Å². The summed E-state index contributed by atoms with van der Waals surface area (Å²) < 4.78 is 6.01. The summed E-state index contributed by atoms with van der Waals surface area (Å²) in [5.41, 5.74) is 7.98. The van der Waals surface area contributed by atoms with Crippen molar-refractivity contribution in [3.63, 3.8) is 0 Å². The summed E-state index contributed by atoms with van der Waals surface area (Å²) in [4.78, 5) is 4.12. The first kappa shape index (κ1) is 14.5. The first-order valence-corrected chi connectivity index (χ1v) is 6.76. The number of hydrogen-bond donors (Lipinski definition) is 2. The topological polar surface area (TPSA) is 68.4 Å². The zero-order chi connectivity index (χ0) is 14.4. The molecule has 0 aliphatic carbocycles. The number of benzene rings is 1. The van der Waals surface area contributed by atoms with Gasteiger partial charge in [-0.25, -0.2) is 0 Å². The van der Waals surface area contributed by atoms with Crippen molar-refractivity contribution in [2.24, 2.45) is 5.73 Å². The van der Waals surface area contributed by atoms with E-state index in [-0.39, 0.29) is 18.8 Å². The molecule has 0 fully saturated rings. The van der Waals surface area contributed by atoms with E-state index in [1.807, 2.05) is 43.3 Å². The lowest BCUT2D eigenvalue weighted by atomic mass is 10.0. The highest BCUT2D eigenvalue weighted by Gasteiger charge is 2.20. The second-order valence-corrected chi connectivity index (χ2v) is 4.70. The van der Waals surface area contributed by atoms with Crippen LogP contribution < -0.4 is 10.5 Å². The van der Waals surface area contributed by atoms with Gasteiger partial charge in [0.2, 0.25) is 0 Å². The van der Waals surface area contributed by atoms with Crippen LogP contribution in [0, 0.1) is 0 Å². The Morgan fingerprint density at radius 2 is 2.00 bits per heavy atom. The molecule has 3 N–H and O–H groups in total. The minimum absolute atomic E-state index is 0.0286. The van der Waals surface area contributed by atoms with Crippen molar-refractivity contribution in [2.45, 2.75) is 32.1 Å². The number of hydrogen-bond acceptors (Lipinski definition) is 4. The molecule has 0 aliphatic heterocycles. The summed E-state index contributed by atoms with van der Waals surface area (Å²) in [5, 5.41) is 9.05. The second-order valence-electron chi connectivity index (χ2n) is 4.70. The van der Waals surface area contributed by atoms with Crippen molar-refractivity contribution in [1.82, 2.24) is 4.98 Å². The molecule has 0 bridgehead atoms. The van der Waals surface area contributed by atoms with Crippen molar-refractivity contribution < 1.29 is 9.84 Å². The Morgan fingerprint density at radius 3 is 2.55 bits per heavy atom. The molecular weight excluding hydrogens is 252 g/mol. The van der Waals surface area contributed by atoms with Crippen LogP contribution in [0.25, 0.3) is 0 Å². The lowest BCUT2D eigenvalue weighted by Gasteiger charge is -2.24. The molecule has 20 heavy (non-hydrogen) atoms.